The molecule has 1 amide bonds. The average Bonchev–Trinajstić information content (AvgIpc) is 3.00. The minimum absolute atomic E-state index is 0.181. The number of piperidine rings is 1. The lowest BCUT2D eigenvalue weighted by Gasteiger charge is -2.40. The molecule has 8 nitrogen and oxygen atoms in total. The molecule has 2 saturated heterocycles. The minimum atomic E-state index is -0.466. The van der Waals surface area contributed by atoms with Crippen LogP contribution >= 0.6 is 0 Å². The Kier molecular flexibility index (Phi) is 7.62. The van der Waals surface area contributed by atoms with Crippen LogP contribution in [0.3, 0.4) is 0 Å². The fourth-order valence-electron chi connectivity index (χ4n) is 4.29. The molecular formula is C23H37N5O3. The summed E-state index contributed by atoms with van der Waals surface area (Å²) < 4.78 is 11.2. The number of carbonyl (C=O) groups excluding carboxylic acids is 1. The molecule has 2 aliphatic heterocycles. The first kappa shape index (κ1) is 23.2. The van der Waals surface area contributed by atoms with Gasteiger partial charge in [-0.2, -0.15) is 0 Å². The molecule has 8 heteroatoms. The van der Waals surface area contributed by atoms with E-state index in [-0.39, 0.29) is 24.2 Å². The second-order valence-electron chi connectivity index (χ2n) is 9.36. The van der Waals surface area contributed by atoms with Crippen molar-refractivity contribution < 1.29 is 14.3 Å². The van der Waals surface area contributed by atoms with E-state index >= 15 is 0 Å². The Labute approximate surface area is 185 Å². The molecular weight excluding hydrogens is 394 g/mol. The predicted molar refractivity (Wildman–Crippen MR) is 121 cm³/mol. The second kappa shape index (κ2) is 10.2. The molecule has 3 heterocycles. The molecule has 1 aromatic rings. The van der Waals surface area contributed by atoms with Crippen LogP contribution in [0, 0.1) is 0 Å². The summed E-state index contributed by atoms with van der Waals surface area (Å²) in [4.78, 5) is 23.3. The molecule has 31 heavy (non-hydrogen) atoms. The molecule has 0 aliphatic carbocycles. The first-order valence-electron chi connectivity index (χ1n) is 11.3. The first-order valence-corrected chi connectivity index (χ1v) is 11.3. The number of hydrogen-bond donors (Lipinski definition) is 2. The monoisotopic (exact) mass is 431 g/mol. The third kappa shape index (κ3) is 6.48. The third-order valence-electron chi connectivity index (χ3n) is 5.61. The topological polar surface area (TPSA) is 88.1 Å². The highest BCUT2D eigenvalue weighted by Gasteiger charge is 2.45. The molecule has 3 rings (SSSR count). The maximum absolute atomic E-state index is 12.6. The zero-order valence-electron chi connectivity index (χ0n) is 19.5. The van der Waals surface area contributed by atoms with Gasteiger partial charge in [0.15, 0.2) is 5.96 Å². The molecule has 1 aromatic heterocycles. The van der Waals surface area contributed by atoms with Gasteiger partial charge in [-0.25, -0.2) is 9.78 Å². The first-order chi connectivity index (χ1) is 14.8. The van der Waals surface area contributed by atoms with Crippen molar-refractivity contribution in [3.63, 3.8) is 0 Å². The van der Waals surface area contributed by atoms with Crippen molar-refractivity contribution in [3.05, 3.63) is 23.9 Å². The zero-order valence-corrected chi connectivity index (χ0v) is 19.5. The molecule has 0 saturated carbocycles. The number of carbonyl (C=O) groups is 1. The van der Waals surface area contributed by atoms with Crippen molar-refractivity contribution >= 4 is 12.1 Å². The standard InChI is InChI=1S/C23H37N5O3/c1-6-11-30-20-10-7-16(14-25-20)15-26-21(24-5)27-17-12-18-8-9-19(13-17)28(18)22(29)31-23(2,3)4/h7,10,14,17-19H,6,8-9,11-13,15H2,1-5H3,(H2,24,26,27). The number of ether oxygens (including phenoxy) is 2. The van der Waals surface area contributed by atoms with E-state index in [1.807, 2.05) is 44.0 Å². The van der Waals surface area contributed by atoms with E-state index in [1.54, 1.807) is 7.05 Å². The fraction of sp³-hybridized carbons (Fsp3) is 0.696. The molecule has 2 N–H and O–H groups in total. The smallest absolute Gasteiger partial charge is 0.410 e. The summed E-state index contributed by atoms with van der Waals surface area (Å²) in [5.41, 5.74) is 0.596. The molecule has 2 aliphatic rings. The van der Waals surface area contributed by atoms with Crippen molar-refractivity contribution in [1.29, 1.82) is 0 Å². The quantitative estimate of drug-likeness (QED) is 0.530. The number of pyridine rings is 1. The Morgan fingerprint density at radius 1 is 1.26 bits per heavy atom. The van der Waals surface area contributed by atoms with Crippen LogP contribution in [-0.4, -0.2) is 59.3 Å². The van der Waals surface area contributed by atoms with Gasteiger partial charge in [0.2, 0.25) is 5.88 Å². The maximum Gasteiger partial charge on any atom is 0.410 e. The maximum atomic E-state index is 12.6. The van der Waals surface area contributed by atoms with Gasteiger partial charge in [0, 0.05) is 44.0 Å². The van der Waals surface area contributed by atoms with Crippen molar-refractivity contribution in [2.24, 2.45) is 4.99 Å². The SMILES string of the molecule is CCCOc1ccc(CNC(=NC)NC2CC3CCC(C2)N3C(=O)OC(C)(C)C)cn1. The Balaban J connectivity index is 1.49. The normalized spacial score (nSPS) is 23.5. The number of amides is 1. The van der Waals surface area contributed by atoms with Gasteiger partial charge in [-0.3, -0.25) is 4.99 Å². The van der Waals surface area contributed by atoms with Crippen molar-refractivity contribution in [1.82, 2.24) is 20.5 Å². The molecule has 2 fully saturated rings. The number of hydrogen-bond acceptors (Lipinski definition) is 5. The molecule has 0 spiro atoms. The summed E-state index contributed by atoms with van der Waals surface area (Å²) in [5, 5.41) is 6.90. The number of guanidine groups is 1. The van der Waals surface area contributed by atoms with Crippen LogP contribution in [-0.2, 0) is 11.3 Å². The molecule has 0 aromatic carbocycles. The van der Waals surface area contributed by atoms with Crippen LogP contribution < -0.4 is 15.4 Å². The van der Waals surface area contributed by atoms with Crippen LogP contribution in [0.5, 0.6) is 5.88 Å². The van der Waals surface area contributed by atoms with Crippen LogP contribution in [0.15, 0.2) is 23.3 Å². The molecule has 2 unspecified atom stereocenters. The highest BCUT2D eigenvalue weighted by molar-refractivity contribution is 5.80. The number of nitrogens with zero attached hydrogens (tertiary/aromatic N) is 3. The average molecular weight is 432 g/mol. The highest BCUT2D eigenvalue weighted by atomic mass is 16.6. The van der Waals surface area contributed by atoms with Crippen LogP contribution in [0.25, 0.3) is 0 Å². The summed E-state index contributed by atoms with van der Waals surface area (Å²) in [6.45, 7) is 9.12. The molecule has 2 bridgehead atoms. The molecule has 172 valence electrons. The van der Waals surface area contributed by atoms with E-state index in [4.69, 9.17) is 9.47 Å². The lowest BCUT2D eigenvalue weighted by atomic mass is 9.98. The van der Waals surface area contributed by atoms with Crippen LogP contribution in [0.2, 0.25) is 0 Å². The van der Waals surface area contributed by atoms with E-state index in [0.717, 1.165) is 43.6 Å². The molecule has 0 radical (unpaired) electrons. The van der Waals surface area contributed by atoms with Crippen molar-refractivity contribution in [2.75, 3.05) is 13.7 Å². The van der Waals surface area contributed by atoms with Crippen LogP contribution in [0.1, 0.15) is 65.4 Å². The van der Waals surface area contributed by atoms with E-state index in [9.17, 15) is 4.79 Å². The lowest BCUT2D eigenvalue weighted by Crippen LogP contribution is -2.54. The van der Waals surface area contributed by atoms with Gasteiger partial charge >= 0.3 is 6.09 Å². The Bertz CT molecular complexity index is 745. The highest BCUT2D eigenvalue weighted by Crippen LogP contribution is 2.36. The number of nitrogens with one attached hydrogen (secondary N) is 2. The fourth-order valence-corrected chi connectivity index (χ4v) is 4.29. The van der Waals surface area contributed by atoms with Gasteiger partial charge in [0.05, 0.1) is 6.61 Å². The zero-order chi connectivity index (χ0) is 22.4. The summed E-state index contributed by atoms with van der Waals surface area (Å²) in [5.74, 6) is 1.42. The van der Waals surface area contributed by atoms with Gasteiger partial charge in [0.1, 0.15) is 5.60 Å². The Morgan fingerprint density at radius 3 is 2.52 bits per heavy atom. The largest absolute Gasteiger partial charge is 0.478 e. The Morgan fingerprint density at radius 2 is 1.97 bits per heavy atom. The summed E-state index contributed by atoms with van der Waals surface area (Å²) in [6.07, 6.45) is 6.48. The predicted octanol–water partition coefficient (Wildman–Crippen LogP) is 3.47. The number of rotatable bonds is 6. The minimum Gasteiger partial charge on any atom is -0.478 e. The number of aromatic nitrogens is 1. The number of fused-ring (bicyclic) bond motifs is 2. The second-order valence-corrected chi connectivity index (χ2v) is 9.36. The van der Waals surface area contributed by atoms with E-state index in [0.29, 0.717) is 19.0 Å². The lowest BCUT2D eigenvalue weighted by molar-refractivity contribution is 0.00545. The summed E-state index contributed by atoms with van der Waals surface area (Å²) in [6, 6.07) is 4.64. The van der Waals surface area contributed by atoms with Crippen molar-refractivity contribution in [2.45, 2.75) is 90.1 Å². The van der Waals surface area contributed by atoms with E-state index < -0.39 is 5.60 Å². The van der Waals surface area contributed by atoms with Gasteiger partial charge < -0.3 is 25.0 Å². The van der Waals surface area contributed by atoms with Gasteiger partial charge in [-0.05, 0) is 58.4 Å². The number of aliphatic imine (C=N–C) groups is 1. The molecule has 2 atom stereocenters. The summed E-state index contributed by atoms with van der Waals surface area (Å²) in [7, 11) is 1.78. The van der Waals surface area contributed by atoms with Gasteiger partial charge in [-0.1, -0.05) is 13.0 Å². The van der Waals surface area contributed by atoms with E-state index in [1.165, 1.54) is 0 Å². The van der Waals surface area contributed by atoms with Crippen molar-refractivity contribution in [3.8, 4) is 5.88 Å². The Hall–Kier alpha value is -2.51. The van der Waals surface area contributed by atoms with E-state index in [2.05, 4.69) is 27.5 Å². The summed E-state index contributed by atoms with van der Waals surface area (Å²) >= 11 is 0. The third-order valence-corrected chi connectivity index (χ3v) is 5.61. The van der Waals surface area contributed by atoms with Crippen LogP contribution in [0.4, 0.5) is 4.79 Å². The van der Waals surface area contributed by atoms with Gasteiger partial charge in [0.25, 0.3) is 0 Å². The van der Waals surface area contributed by atoms with Gasteiger partial charge in [-0.15, -0.1) is 0 Å².